The molecule has 0 spiro atoms. The van der Waals surface area contributed by atoms with E-state index in [1.54, 1.807) is 35.3 Å². The van der Waals surface area contributed by atoms with Gasteiger partial charge in [-0.1, -0.05) is 23.2 Å². The second-order valence-electron chi connectivity index (χ2n) is 3.16. The van der Waals surface area contributed by atoms with Crippen molar-refractivity contribution in [1.82, 2.24) is 9.78 Å². The van der Waals surface area contributed by atoms with Gasteiger partial charge in [0.1, 0.15) is 5.75 Å². The Balaban J connectivity index is 2.07. The Morgan fingerprint density at radius 3 is 2.88 bits per heavy atom. The van der Waals surface area contributed by atoms with Crippen molar-refractivity contribution in [3.63, 3.8) is 0 Å². The molecule has 0 saturated carbocycles. The molecule has 0 bridgehead atoms. The minimum absolute atomic E-state index is 0.233. The summed E-state index contributed by atoms with van der Waals surface area (Å²) < 4.78 is 7.01. The molecule has 0 saturated heterocycles. The number of hydrogen-bond donors (Lipinski definition) is 1. The maximum atomic E-state index is 5.93. The van der Waals surface area contributed by atoms with Crippen molar-refractivity contribution in [2.24, 2.45) is 0 Å². The van der Waals surface area contributed by atoms with Gasteiger partial charge in [0.2, 0.25) is 0 Å². The zero-order valence-corrected chi connectivity index (χ0v) is 9.74. The molecule has 1 aromatic heterocycles. The quantitative estimate of drug-likeness (QED) is 0.920. The fourth-order valence-electron chi connectivity index (χ4n) is 1.17. The van der Waals surface area contributed by atoms with Crippen LogP contribution in [0.2, 0.25) is 10.0 Å². The number of benzene rings is 1. The van der Waals surface area contributed by atoms with E-state index < -0.39 is 0 Å². The lowest BCUT2D eigenvalue weighted by molar-refractivity contribution is 0.221. The molecule has 0 fully saturated rings. The average Bonchev–Trinajstić information content (AvgIpc) is 2.66. The van der Waals surface area contributed by atoms with E-state index in [9.17, 15) is 0 Å². The van der Waals surface area contributed by atoms with Crippen molar-refractivity contribution in [2.75, 3.05) is 5.73 Å². The molecule has 0 aliphatic heterocycles. The van der Waals surface area contributed by atoms with E-state index in [0.29, 0.717) is 21.5 Å². The summed E-state index contributed by atoms with van der Waals surface area (Å²) in [6, 6.07) is 5.02. The van der Waals surface area contributed by atoms with E-state index in [1.807, 2.05) is 0 Å². The molecule has 16 heavy (non-hydrogen) atoms. The maximum Gasteiger partial charge on any atom is 0.181 e. The van der Waals surface area contributed by atoms with Crippen molar-refractivity contribution >= 4 is 28.9 Å². The molecule has 0 aliphatic rings. The number of rotatable bonds is 3. The Morgan fingerprint density at radius 1 is 1.38 bits per heavy atom. The van der Waals surface area contributed by atoms with Crippen LogP contribution < -0.4 is 10.5 Å². The summed E-state index contributed by atoms with van der Waals surface area (Å²) in [6.45, 7) is 0.233. The predicted octanol–water partition coefficient (Wildman–Crippen LogP) is 2.81. The van der Waals surface area contributed by atoms with Crippen LogP contribution >= 0.6 is 23.2 Å². The van der Waals surface area contributed by atoms with Crippen LogP contribution in [0, 0.1) is 0 Å². The first-order valence-corrected chi connectivity index (χ1v) is 5.26. The first-order chi connectivity index (χ1) is 7.65. The SMILES string of the molecule is Nc1cnn(COc2cc(Cl)ccc2Cl)c1. The molecule has 84 valence electrons. The second kappa shape index (κ2) is 4.63. The van der Waals surface area contributed by atoms with Gasteiger partial charge in [-0.2, -0.15) is 5.10 Å². The van der Waals surface area contributed by atoms with Crippen LogP contribution in [0.3, 0.4) is 0 Å². The smallest absolute Gasteiger partial charge is 0.181 e. The largest absolute Gasteiger partial charge is 0.470 e. The molecule has 1 aromatic carbocycles. The molecule has 2 N–H and O–H groups in total. The second-order valence-corrected chi connectivity index (χ2v) is 4.00. The summed E-state index contributed by atoms with van der Waals surface area (Å²) in [6.07, 6.45) is 3.21. The van der Waals surface area contributed by atoms with Crippen molar-refractivity contribution in [3.05, 3.63) is 40.6 Å². The van der Waals surface area contributed by atoms with Crippen molar-refractivity contribution < 1.29 is 4.74 Å². The van der Waals surface area contributed by atoms with Gasteiger partial charge in [0.05, 0.1) is 23.1 Å². The van der Waals surface area contributed by atoms with Gasteiger partial charge in [-0.05, 0) is 12.1 Å². The molecular weight excluding hydrogens is 249 g/mol. The number of nitrogens with zero attached hydrogens (tertiary/aromatic N) is 2. The average molecular weight is 258 g/mol. The summed E-state index contributed by atoms with van der Waals surface area (Å²) in [5, 5.41) is 5.05. The highest BCUT2D eigenvalue weighted by atomic mass is 35.5. The van der Waals surface area contributed by atoms with Crippen molar-refractivity contribution in [3.8, 4) is 5.75 Å². The molecule has 0 unspecified atom stereocenters. The van der Waals surface area contributed by atoms with Gasteiger partial charge in [-0.15, -0.1) is 0 Å². The number of nitrogen functional groups attached to an aromatic ring is 1. The van der Waals surface area contributed by atoms with Crippen LogP contribution in [0.15, 0.2) is 30.6 Å². The molecule has 4 nitrogen and oxygen atoms in total. The Hall–Kier alpha value is -1.39. The number of anilines is 1. The summed E-state index contributed by atoms with van der Waals surface area (Å²) in [7, 11) is 0. The molecule has 1 heterocycles. The third-order valence-electron chi connectivity index (χ3n) is 1.90. The molecule has 0 atom stereocenters. The van der Waals surface area contributed by atoms with E-state index in [0.717, 1.165) is 0 Å². The number of ether oxygens (including phenoxy) is 1. The molecule has 0 radical (unpaired) electrons. The molecule has 0 aliphatic carbocycles. The van der Waals surface area contributed by atoms with E-state index in [2.05, 4.69) is 5.10 Å². The van der Waals surface area contributed by atoms with Crippen LogP contribution in [-0.4, -0.2) is 9.78 Å². The number of halogens is 2. The lowest BCUT2D eigenvalue weighted by Gasteiger charge is -2.07. The third kappa shape index (κ3) is 2.59. The van der Waals surface area contributed by atoms with Gasteiger partial charge >= 0.3 is 0 Å². The molecular formula is C10H9Cl2N3O. The van der Waals surface area contributed by atoms with Gasteiger partial charge in [-0.3, -0.25) is 0 Å². The van der Waals surface area contributed by atoms with Crippen LogP contribution in [-0.2, 0) is 6.73 Å². The summed E-state index contributed by atoms with van der Waals surface area (Å²) in [5.41, 5.74) is 6.10. The van der Waals surface area contributed by atoms with E-state index in [-0.39, 0.29) is 6.73 Å². The highest BCUT2D eigenvalue weighted by Gasteiger charge is 2.03. The van der Waals surface area contributed by atoms with Crippen molar-refractivity contribution in [1.29, 1.82) is 0 Å². The van der Waals surface area contributed by atoms with Crippen molar-refractivity contribution in [2.45, 2.75) is 6.73 Å². The fraction of sp³-hybridized carbons (Fsp3) is 0.100. The monoisotopic (exact) mass is 257 g/mol. The van der Waals surface area contributed by atoms with Gasteiger partial charge in [0, 0.05) is 11.1 Å². The Morgan fingerprint density at radius 2 is 2.19 bits per heavy atom. The van der Waals surface area contributed by atoms with E-state index in [1.165, 1.54) is 0 Å². The third-order valence-corrected chi connectivity index (χ3v) is 2.45. The number of aromatic nitrogens is 2. The highest BCUT2D eigenvalue weighted by Crippen LogP contribution is 2.27. The first kappa shape index (κ1) is 11.1. The molecule has 2 rings (SSSR count). The highest BCUT2D eigenvalue weighted by molar-refractivity contribution is 6.34. The van der Waals surface area contributed by atoms with Gasteiger partial charge in [0.15, 0.2) is 6.73 Å². The molecule has 6 heteroatoms. The van der Waals surface area contributed by atoms with Gasteiger partial charge in [0.25, 0.3) is 0 Å². The van der Waals surface area contributed by atoms with E-state index >= 15 is 0 Å². The van der Waals surface area contributed by atoms with E-state index in [4.69, 9.17) is 33.7 Å². The number of hydrogen-bond acceptors (Lipinski definition) is 3. The standard InChI is InChI=1S/C10H9Cl2N3O/c11-7-1-2-9(12)10(3-7)16-6-15-5-8(13)4-14-15/h1-5H,6,13H2. The van der Waals surface area contributed by atoms with Crippen LogP contribution in [0.5, 0.6) is 5.75 Å². The Labute approximate surface area is 103 Å². The summed E-state index contributed by atoms with van der Waals surface area (Å²) >= 11 is 11.8. The first-order valence-electron chi connectivity index (χ1n) is 4.51. The number of nitrogens with two attached hydrogens (primary N) is 1. The molecule has 2 aromatic rings. The minimum atomic E-state index is 0.233. The fourth-order valence-corrected chi connectivity index (χ4v) is 1.51. The normalized spacial score (nSPS) is 10.4. The molecule has 0 amide bonds. The zero-order chi connectivity index (χ0) is 11.5. The summed E-state index contributed by atoms with van der Waals surface area (Å²) in [5.74, 6) is 0.517. The Bertz CT molecular complexity index is 499. The Kier molecular flexibility index (Phi) is 3.22. The summed E-state index contributed by atoms with van der Waals surface area (Å²) in [4.78, 5) is 0. The van der Waals surface area contributed by atoms with Gasteiger partial charge in [-0.25, -0.2) is 4.68 Å². The zero-order valence-electron chi connectivity index (χ0n) is 8.23. The van der Waals surface area contributed by atoms with Gasteiger partial charge < -0.3 is 10.5 Å². The van der Waals surface area contributed by atoms with Crippen LogP contribution in [0.4, 0.5) is 5.69 Å². The van der Waals surface area contributed by atoms with Crippen LogP contribution in [0.1, 0.15) is 0 Å². The predicted molar refractivity (Wildman–Crippen MR) is 63.7 cm³/mol. The lowest BCUT2D eigenvalue weighted by atomic mass is 10.3. The van der Waals surface area contributed by atoms with Crippen LogP contribution in [0.25, 0.3) is 0 Å². The maximum absolute atomic E-state index is 5.93. The lowest BCUT2D eigenvalue weighted by Crippen LogP contribution is -2.05. The topological polar surface area (TPSA) is 53.1 Å². The minimum Gasteiger partial charge on any atom is -0.470 e.